The number of hydrogen-bond acceptors (Lipinski definition) is 4. The van der Waals surface area contributed by atoms with Crippen LogP contribution in [0.15, 0.2) is 72.1 Å². The third-order valence-electron chi connectivity index (χ3n) is 3.35. The zero-order chi connectivity index (χ0) is 15.2. The molecule has 1 heterocycles. The smallest absolute Gasteiger partial charge is 0.167 e. The minimum absolute atomic E-state index is 0.0328. The zero-order valence-electron chi connectivity index (χ0n) is 11.8. The highest BCUT2D eigenvalue weighted by atomic mass is 32.1. The van der Waals surface area contributed by atoms with Crippen LogP contribution in [0.3, 0.4) is 0 Å². The lowest BCUT2D eigenvalue weighted by atomic mass is 9.87. The fourth-order valence-electron chi connectivity index (χ4n) is 2.32. The molecule has 3 rings (SSSR count). The van der Waals surface area contributed by atoms with E-state index in [2.05, 4.69) is 9.59 Å². The molecular weight excluding hydrogens is 292 g/mol. The summed E-state index contributed by atoms with van der Waals surface area (Å²) >= 11 is 1.27. The molecule has 0 bridgehead atoms. The van der Waals surface area contributed by atoms with Crippen LogP contribution >= 0.6 is 11.5 Å². The minimum atomic E-state index is -0.301. The van der Waals surface area contributed by atoms with Gasteiger partial charge < -0.3 is 0 Å². The topological polar surface area (TPSA) is 42.9 Å². The van der Waals surface area contributed by atoms with Gasteiger partial charge in [0.25, 0.3) is 0 Å². The van der Waals surface area contributed by atoms with Crippen LogP contribution in [0, 0.1) is 0 Å². The summed E-state index contributed by atoms with van der Waals surface area (Å²) < 4.78 is 3.79. The Morgan fingerprint density at radius 2 is 1.55 bits per heavy atom. The lowest BCUT2D eigenvalue weighted by Gasteiger charge is -2.15. The highest BCUT2D eigenvalue weighted by Gasteiger charge is 2.20. The number of benzene rings is 2. The predicted molar refractivity (Wildman–Crippen MR) is 88.7 cm³/mol. The van der Waals surface area contributed by atoms with E-state index in [1.165, 1.54) is 11.5 Å². The molecule has 0 aliphatic carbocycles. The molecule has 22 heavy (non-hydrogen) atoms. The molecule has 0 fully saturated rings. The van der Waals surface area contributed by atoms with Crippen molar-refractivity contribution in [2.24, 2.45) is 0 Å². The molecule has 0 atom stereocenters. The lowest BCUT2D eigenvalue weighted by Crippen LogP contribution is -2.11. The van der Waals surface area contributed by atoms with Crippen molar-refractivity contribution in [3.63, 3.8) is 0 Å². The Morgan fingerprint density at radius 1 is 0.955 bits per heavy atom. The molecule has 108 valence electrons. The quantitative estimate of drug-likeness (QED) is 0.670. The van der Waals surface area contributed by atoms with Gasteiger partial charge in [-0.3, -0.25) is 4.79 Å². The van der Waals surface area contributed by atoms with E-state index in [0.29, 0.717) is 5.69 Å². The van der Waals surface area contributed by atoms with Gasteiger partial charge in [0, 0.05) is 5.38 Å². The van der Waals surface area contributed by atoms with Crippen LogP contribution in [0.5, 0.6) is 0 Å². The fourth-order valence-corrected chi connectivity index (χ4v) is 2.74. The first-order valence-corrected chi connectivity index (χ1v) is 7.77. The number of nitrogens with zero attached hydrogens (tertiary/aromatic N) is 2. The molecule has 2 aromatic carbocycles. The summed E-state index contributed by atoms with van der Waals surface area (Å²) in [6, 6.07) is 19.6. The Morgan fingerprint density at radius 3 is 2.05 bits per heavy atom. The van der Waals surface area contributed by atoms with Gasteiger partial charge in [0.15, 0.2) is 5.78 Å². The molecule has 0 spiro atoms. The molecule has 0 radical (unpaired) electrons. The van der Waals surface area contributed by atoms with Crippen molar-refractivity contribution in [3.8, 4) is 0 Å². The maximum Gasteiger partial charge on any atom is 0.167 e. The van der Waals surface area contributed by atoms with Crippen molar-refractivity contribution in [1.82, 2.24) is 9.59 Å². The van der Waals surface area contributed by atoms with Gasteiger partial charge in [-0.15, -0.1) is 5.10 Å². The van der Waals surface area contributed by atoms with Crippen LogP contribution in [-0.2, 0) is 4.79 Å². The standard InChI is InChI=1S/C18H14N2OS/c21-17(12-11-16-13-22-20-19-16)18(14-7-3-1-4-8-14)15-9-5-2-6-10-15/h1-13,18H. The minimum Gasteiger partial charge on any atom is -0.294 e. The van der Waals surface area contributed by atoms with Gasteiger partial charge in [0.05, 0.1) is 11.6 Å². The SMILES string of the molecule is O=C(C=Cc1csnn1)C(c1ccccc1)c1ccccc1. The number of hydrogen-bond donors (Lipinski definition) is 0. The Kier molecular flexibility index (Phi) is 4.51. The third kappa shape index (κ3) is 3.35. The predicted octanol–water partition coefficient (Wildman–Crippen LogP) is 3.95. The first-order chi connectivity index (χ1) is 10.8. The van der Waals surface area contributed by atoms with Crippen LogP contribution in [0.2, 0.25) is 0 Å². The van der Waals surface area contributed by atoms with Crippen LogP contribution in [-0.4, -0.2) is 15.4 Å². The van der Waals surface area contributed by atoms with Gasteiger partial charge in [-0.1, -0.05) is 65.2 Å². The number of ketones is 1. The average molecular weight is 306 g/mol. The summed E-state index contributed by atoms with van der Waals surface area (Å²) in [5.41, 5.74) is 2.68. The van der Waals surface area contributed by atoms with Crippen molar-refractivity contribution < 1.29 is 4.79 Å². The highest BCUT2D eigenvalue weighted by Crippen LogP contribution is 2.26. The van der Waals surface area contributed by atoms with Gasteiger partial charge in [-0.05, 0) is 34.8 Å². The van der Waals surface area contributed by atoms with Crippen LogP contribution < -0.4 is 0 Å². The van der Waals surface area contributed by atoms with Gasteiger partial charge >= 0.3 is 0 Å². The Hall–Kier alpha value is -2.59. The van der Waals surface area contributed by atoms with Crippen molar-refractivity contribution in [1.29, 1.82) is 0 Å². The summed E-state index contributed by atoms with van der Waals surface area (Å²) in [5.74, 6) is -0.268. The summed E-state index contributed by atoms with van der Waals surface area (Å²) in [6.07, 6.45) is 3.30. The van der Waals surface area contributed by atoms with Crippen molar-refractivity contribution >= 4 is 23.4 Å². The number of carbonyl (C=O) groups excluding carboxylic acids is 1. The number of rotatable bonds is 5. The van der Waals surface area contributed by atoms with Crippen molar-refractivity contribution in [3.05, 3.63) is 88.9 Å². The second-order valence-electron chi connectivity index (χ2n) is 4.82. The first kappa shape index (κ1) is 14.4. The maximum atomic E-state index is 12.7. The summed E-state index contributed by atoms with van der Waals surface area (Å²) in [7, 11) is 0. The molecule has 0 aliphatic rings. The normalized spacial score (nSPS) is 11.1. The van der Waals surface area contributed by atoms with Crippen LogP contribution in [0.25, 0.3) is 6.08 Å². The molecule has 0 saturated carbocycles. The molecular formula is C18H14N2OS. The van der Waals surface area contributed by atoms with E-state index >= 15 is 0 Å². The molecule has 1 aromatic heterocycles. The van der Waals surface area contributed by atoms with E-state index < -0.39 is 0 Å². The molecule has 0 aliphatic heterocycles. The second-order valence-corrected chi connectivity index (χ2v) is 5.43. The molecule has 0 amide bonds. The van der Waals surface area contributed by atoms with Gasteiger partial charge in [0.2, 0.25) is 0 Å². The first-order valence-electron chi connectivity index (χ1n) is 6.93. The molecule has 0 unspecified atom stereocenters. The molecule has 0 saturated heterocycles. The van der Waals surface area contributed by atoms with Gasteiger partial charge in [0.1, 0.15) is 0 Å². The van der Waals surface area contributed by atoms with Crippen LogP contribution in [0.1, 0.15) is 22.7 Å². The number of aromatic nitrogens is 2. The zero-order valence-corrected chi connectivity index (χ0v) is 12.6. The van der Waals surface area contributed by atoms with Crippen molar-refractivity contribution in [2.75, 3.05) is 0 Å². The fraction of sp³-hybridized carbons (Fsp3) is 0.0556. The molecule has 0 N–H and O–H groups in total. The number of carbonyl (C=O) groups is 1. The second kappa shape index (κ2) is 6.91. The highest BCUT2D eigenvalue weighted by molar-refractivity contribution is 7.03. The largest absolute Gasteiger partial charge is 0.294 e. The van der Waals surface area contributed by atoms with E-state index in [9.17, 15) is 4.79 Å². The summed E-state index contributed by atoms with van der Waals surface area (Å²) in [6.45, 7) is 0. The average Bonchev–Trinajstić information content (AvgIpc) is 3.09. The molecule has 3 aromatic rings. The van der Waals surface area contributed by atoms with E-state index in [4.69, 9.17) is 0 Å². The Labute approximate surface area is 133 Å². The third-order valence-corrected chi connectivity index (χ3v) is 3.87. The lowest BCUT2D eigenvalue weighted by molar-refractivity contribution is -0.115. The van der Waals surface area contributed by atoms with E-state index in [0.717, 1.165) is 11.1 Å². The van der Waals surface area contributed by atoms with Crippen molar-refractivity contribution in [2.45, 2.75) is 5.92 Å². The van der Waals surface area contributed by atoms with E-state index in [-0.39, 0.29) is 11.7 Å². The summed E-state index contributed by atoms with van der Waals surface area (Å²) in [5, 5.41) is 5.73. The Balaban J connectivity index is 1.93. The van der Waals surface area contributed by atoms with Gasteiger partial charge in [-0.2, -0.15) is 0 Å². The van der Waals surface area contributed by atoms with E-state index in [1.807, 2.05) is 66.0 Å². The van der Waals surface area contributed by atoms with Gasteiger partial charge in [-0.25, -0.2) is 0 Å². The molecule has 3 nitrogen and oxygen atoms in total. The van der Waals surface area contributed by atoms with E-state index in [1.54, 1.807) is 12.2 Å². The van der Waals surface area contributed by atoms with Crippen LogP contribution in [0.4, 0.5) is 0 Å². The molecule has 4 heteroatoms. The maximum absolute atomic E-state index is 12.7. The monoisotopic (exact) mass is 306 g/mol. The Bertz CT molecular complexity index is 713. The summed E-state index contributed by atoms with van der Waals surface area (Å²) in [4.78, 5) is 12.7. The number of allylic oxidation sites excluding steroid dienone is 1.